The highest BCUT2D eigenvalue weighted by Crippen LogP contribution is 2.38. The van der Waals surface area contributed by atoms with Crippen LogP contribution in [0, 0.1) is 6.92 Å². The third-order valence-corrected chi connectivity index (χ3v) is 4.23. The molecule has 0 saturated heterocycles. The monoisotopic (exact) mass is 316 g/mol. The summed E-state index contributed by atoms with van der Waals surface area (Å²) >= 11 is 0. The first kappa shape index (κ1) is 14.6. The molecule has 4 aromatic rings. The first-order valence-corrected chi connectivity index (χ1v) is 7.72. The minimum Gasteiger partial charge on any atom is -0.457 e. The van der Waals surface area contributed by atoms with Crippen molar-refractivity contribution in [1.29, 1.82) is 0 Å². The van der Waals surface area contributed by atoms with Crippen LogP contribution in [-0.2, 0) is 5.60 Å². The van der Waals surface area contributed by atoms with Crippen molar-refractivity contribution in [2.75, 3.05) is 0 Å². The molecular formula is C20H16N2O2. The van der Waals surface area contributed by atoms with Gasteiger partial charge in [0.05, 0.1) is 0 Å². The molecule has 0 amide bonds. The number of aryl methyl sites for hydroxylation is 1. The second-order valence-electron chi connectivity index (χ2n) is 5.85. The standard InChI is InChI=1S/C20H16N2O2/c1-14-6-8-16(9-7-14)20(23,17-11-21-13-22-12-17)19-10-15-4-2-3-5-18(15)24-19/h2-13,23H,1H3. The molecule has 0 aliphatic heterocycles. The van der Waals surface area contributed by atoms with Crippen LogP contribution in [0.15, 0.2) is 77.7 Å². The molecule has 0 aliphatic rings. The van der Waals surface area contributed by atoms with Crippen LogP contribution in [-0.4, -0.2) is 15.1 Å². The van der Waals surface area contributed by atoms with E-state index in [1.807, 2.05) is 61.5 Å². The predicted octanol–water partition coefficient (Wildman–Crippen LogP) is 3.82. The van der Waals surface area contributed by atoms with Crippen molar-refractivity contribution in [3.05, 3.63) is 95.8 Å². The lowest BCUT2D eigenvalue weighted by atomic mass is 9.85. The number of para-hydroxylation sites is 1. The Balaban J connectivity index is 1.98. The number of benzene rings is 2. The molecule has 0 fully saturated rings. The van der Waals surface area contributed by atoms with Crippen LogP contribution in [0.2, 0.25) is 0 Å². The highest BCUT2D eigenvalue weighted by atomic mass is 16.4. The van der Waals surface area contributed by atoms with Crippen LogP contribution < -0.4 is 0 Å². The van der Waals surface area contributed by atoms with Gasteiger partial charge in [-0.2, -0.15) is 0 Å². The molecule has 0 bridgehead atoms. The van der Waals surface area contributed by atoms with E-state index in [2.05, 4.69) is 9.97 Å². The van der Waals surface area contributed by atoms with Crippen molar-refractivity contribution in [1.82, 2.24) is 9.97 Å². The number of aliphatic hydroxyl groups is 1. The van der Waals surface area contributed by atoms with E-state index >= 15 is 0 Å². The molecular weight excluding hydrogens is 300 g/mol. The Morgan fingerprint density at radius 1 is 0.917 bits per heavy atom. The van der Waals surface area contributed by atoms with E-state index in [0.29, 0.717) is 16.9 Å². The summed E-state index contributed by atoms with van der Waals surface area (Å²) in [4.78, 5) is 8.12. The zero-order chi connectivity index (χ0) is 16.6. The fraction of sp³-hybridized carbons (Fsp3) is 0.100. The van der Waals surface area contributed by atoms with Crippen LogP contribution in [0.5, 0.6) is 0 Å². The summed E-state index contributed by atoms with van der Waals surface area (Å²) < 4.78 is 5.97. The average molecular weight is 316 g/mol. The van der Waals surface area contributed by atoms with Gasteiger partial charge in [-0.05, 0) is 24.6 Å². The maximum atomic E-state index is 11.6. The lowest BCUT2D eigenvalue weighted by molar-refractivity contribution is 0.100. The molecule has 0 spiro atoms. The largest absolute Gasteiger partial charge is 0.457 e. The van der Waals surface area contributed by atoms with E-state index < -0.39 is 5.60 Å². The molecule has 2 aromatic carbocycles. The first-order valence-electron chi connectivity index (χ1n) is 7.72. The molecule has 1 atom stereocenters. The van der Waals surface area contributed by atoms with E-state index in [9.17, 15) is 5.11 Å². The number of rotatable bonds is 3. The minimum atomic E-state index is -1.45. The Morgan fingerprint density at radius 3 is 2.33 bits per heavy atom. The summed E-state index contributed by atoms with van der Waals surface area (Å²) in [5.41, 5.74) is 1.67. The van der Waals surface area contributed by atoms with E-state index in [1.54, 1.807) is 12.4 Å². The lowest BCUT2D eigenvalue weighted by Crippen LogP contribution is -2.28. The van der Waals surface area contributed by atoms with Crippen LogP contribution in [0.25, 0.3) is 11.0 Å². The third kappa shape index (κ3) is 2.28. The Morgan fingerprint density at radius 2 is 1.62 bits per heavy atom. The molecule has 4 nitrogen and oxygen atoms in total. The molecule has 2 aromatic heterocycles. The van der Waals surface area contributed by atoms with Crippen LogP contribution in [0.3, 0.4) is 0 Å². The van der Waals surface area contributed by atoms with Crippen molar-refractivity contribution in [3.8, 4) is 0 Å². The van der Waals surface area contributed by atoms with Crippen LogP contribution in [0.1, 0.15) is 22.5 Å². The SMILES string of the molecule is Cc1ccc(C(O)(c2cncnc2)c2cc3ccccc3o2)cc1. The molecule has 0 radical (unpaired) electrons. The summed E-state index contributed by atoms with van der Waals surface area (Å²) in [7, 11) is 0. The van der Waals surface area contributed by atoms with Gasteiger partial charge in [0.1, 0.15) is 17.7 Å². The second-order valence-corrected chi connectivity index (χ2v) is 5.85. The Bertz CT molecular complexity index is 944. The van der Waals surface area contributed by atoms with Crippen molar-refractivity contribution in [3.63, 3.8) is 0 Å². The zero-order valence-electron chi connectivity index (χ0n) is 13.2. The molecule has 4 heteroatoms. The molecule has 118 valence electrons. The van der Waals surface area contributed by atoms with E-state index in [1.165, 1.54) is 6.33 Å². The maximum Gasteiger partial charge on any atom is 0.176 e. The molecule has 0 aliphatic carbocycles. The van der Waals surface area contributed by atoms with Gasteiger partial charge in [0.2, 0.25) is 0 Å². The Labute approximate surface area is 139 Å². The van der Waals surface area contributed by atoms with Crippen molar-refractivity contribution >= 4 is 11.0 Å². The topological polar surface area (TPSA) is 59.2 Å². The third-order valence-electron chi connectivity index (χ3n) is 4.23. The number of aromatic nitrogens is 2. The molecule has 1 N–H and O–H groups in total. The quantitative estimate of drug-likeness (QED) is 0.624. The van der Waals surface area contributed by atoms with Gasteiger partial charge < -0.3 is 9.52 Å². The number of furan rings is 1. The Hall–Kier alpha value is -2.98. The molecule has 4 rings (SSSR count). The highest BCUT2D eigenvalue weighted by Gasteiger charge is 2.38. The summed E-state index contributed by atoms with van der Waals surface area (Å²) in [6.45, 7) is 2.01. The van der Waals surface area contributed by atoms with E-state index in [4.69, 9.17) is 4.42 Å². The Kier molecular flexibility index (Phi) is 3.40. The zero-order valence-corrected chi connectivity index (χ0v) is 13.2. The van der Waals surface area contributed by atoms with Crippen molar-refractivity contribution < 1.29 is 9.52 Å². The maximum absolute atomic E-state index is 11.6. The van der Waals surface area contributed by atoms with Gasteiger partial charge in [-0.25, -0.2) is 9.97 Å². The predicted molar refractivity (Wildman–Crippen MR) is 91.5 cm³/mol. The van der Waals surface area contributed by atoms with Crippen molar-refractivity contribution in [2.45, 2.75) is 12.5 Å². The molecule has 1 unspecified atom stereocenters. The van der Waals surface area contributed by atoms with Gasteiger partial charge in [0, 0.05) is 23.3 Å². The molecule has 24 heavy (non-hydrogen) atoms. The van der Waals surface area contributed by atoms with E-state index in [0.717, 1.165) is 16.5 Å². The first-order chi connectivity index (χ1) is 11.7. The summed E-state index contributed by atoms with van der Waals surface area (Å²) in [5.74, 6) is 0.447. The number of hydrogen-bond donors (Lipinski definition) is 1. The van der Waals surface area contributed by atoms with Gasteiger partial charge >= 0.3 is 0 Å². The van der Waals surface area contributed by atoms with E-state index in [-0.39, 0.29) is 0 Å². The fourth-order valence-electron chi connectivity index (χ4n) is 2.89. The highest BCUT2D eigenvalue weighted by molar-refractivity contribution is 5.78. The number of nitrogens with zero attached hydrogens (tertiary/aromatic N) is 2. The summed E-state index contributed by atoms with van der Waals surface area (Å²) in [6.07, 6.45) is 4.66. The van der Waals surface area contributed by atoms with Gasteiger partial charge in [0.25, 0.3) is 0 Å². The van der Waals surface area contributed by atoms with Gasteiger partial charge in [-0.1, -0.05) is 48.0 Å². The van der Waals surface area contributed by atoms with Crippen LogP contribution in [0.4, 0.5) is 0 Å². The average Bonchev–Trinajstić information content (AvgIpc) is 3.07. The molecule has 2 heterocycles. The minimum absolute atomic E-state index is 0.447. The van der Waals surface area contributed by atoms with Gasteiger partial charge in [0.15, 0.2) is 5.60 Å². The fourth-order valence-corrected chi connectivity index (χ4v) is 2.89. The second kappa shape index (κ2) is 5.58. The number of hydrogen-bond acceptors (Lipinski definition) is 4. The van der Waals surface area contributed by atoms with Crippen LogP contribution >= 0.6 is 0 Å². The lowest BCUT2D eigenvalue weighted by Gasteiger charge is -2.26. The van der Waals surface area contributed by atoms with Crippen molar-refractivity contribution in [2.24, 2.45) is 0 Å². The number of fused-ring (bicyclic) bond motifs is 1. The van der Waals surface area contributed by atoms with Gasteiger partial charge in [-0.3, -0.25) is 0 Å². The molecule has 0 saturated carbocycles. The smallest absolute Gasteiger partial charge is 0.176 e. The summed E-state index contributed by atoms with van der Waals surface area (Å²) in [6, 6.07) is 17.3. The van der Waals surface area contributed by atoms with Gasteiger partial charge in [-0.15, -0.1) is 0 Å². The normalized spacial score (nSPS) is 13.8. The summed E-state index contributed by atoms with van der Waals surface area (Å²) in [5, 5.41) is 12.6.